The highest BCUT2D eigenvalue weighted by atomic mass is 35.5. The molecule has 82 heavy (non-hydrogen) atoms. The highest BCUT2D eigenvalue weighted by Gasteiger charge is 2.23. The number of fused-ring (bicyclic) bond motifs is 2. The van der Waals surface area contributed by atoms with Gasteiger partial charge < -0.3 is 32.1 Å². The minimum atomic E-state index is -3.35. The summed E-state index contributed by atoms with van der Waals surface area (Å²) < 4.78 is 49.1. The Labute approximate surface area is 476 Å². The van der Waals surface area contributed by atoms with E-state index in [1.165, 1.54) is 36.7 Å². The van der Waals surface area contributed by atoms with Gasteiger partial charge in [0.15, 0.2) is 19.7 Å². The molecule has 0 unspecified atom stereocenters. The lowest BCUT2D eigenvalue weighted by atomic mass is 9.81. The van der Waals surface area contributed by atoms with Crippen LogP contribution in [0.5, 0.6) is 0 Å². The van der Waals surface area contributed by atoms with Crippen molar-refractivity contribution in [2.75, 3.05) is 34.6 Å². The lowest BCUT2D eigenvalue weighted by Crippen LogP contribution is -2.29. The molecule has 2 atom stereocenters. The number of sulfone groups is 2. The molecule has 0 bridgehead atoms. The van der Waals surface area contributed by atoms with Gasteiger partial charge in [0.05, 0.1) is 50.8 Å². The fourth-order valence-corrected chi connectivity index (χ4v) is 10.3. The van der Waals surface area contributed by atoms with Gasteiger partial charge in [-0.1, -0.05) is 103 Å². The molecule has 0 spiro atoms. The van der Waals surface area contributed by atoms with E-state index in [1.807, 2.05) is 111 Å². The SMILES string of the molecule is CS(=O)(=O)c1ccc(B(O)O)cc1.[C-]#[N+]c1cnc(N)nc1N[C@@H](C)c1cc2cccc(-c3ccc(S(C)(=O)=O)cc3)c2c(=O)n1-c1ccccc1.[C-]#[N+]c1cnc(N)nc1N[C@@H](C)c1cc2cccc(Cl)c2c(=O)n1-c1ccccc1. The minimum Gasteiger partial charge on any atom is -0.423 e. The maximum absolute atomic E-state index is 14.2. The number of benzene rings is 6. The Morgan fingerprint density at radius 2 is 1.00 bits per heavy atom. The molecule has 0 aliphatic heterocycles. The van der Waals surface area contributed by atoms with E-state index in [1.54, 1.807) is 45.5 Å². The second kappa shape index (κ2) is 24.7. The topological polar surface area (TPSA) is 289 Å². The van der Waals surface area contributed by atoms with Gasteiger partial charge in [-0.15, -0.1) is 0 Å². The number of para-hydroxylation sites is 2. The fraction of sp³-hybridized carbons (Fsp3) is 0.103. The Balaban J connectivity index is 0.000000180. The molecule has 412 valence electrons. The highest BCUT2D eigenvalue weighted by molar-refractivity contribution is 7.91. The van der Waals surface area contributed by atoms with Gasteiger partial charge in [-0.05, 0) is 108 Å². The van der Waals surface area contributed by atoms with Crippen molar-refractivity contribution in [3.63, 3.8) is 0 Å². The number of aromatic nitrogens is 6. The third-order valence-corrected chi connectivity index (χ3v) is 15.3. The molecule has 0 amide bonds. The molecule has 0 saturated carbocycles. The summed E-state index contributed by atoms with van der Waals surface area (Å²) >= 11 is 6.35. The maximum atomic E-state index is 14.2. The molecular formula is C58H50BClN12O8S2. The number of hydrogen-bond acceptors (Lipinski definition) is 16. The first-order valence-corrected chi connectivity index (χ1v) is 28.9. The molecule has 0 aliphatic rings. The number of pyridine rings is 2. The standard InChI is InChI=1S/C29H24N6O3S.C22H17ClN6O.C7H9BO4S/c1-18(33-27-24(31-2)17-32-29(30)34-27)25-16-20-8-7-11-23(19-12-14-22(15-13-19)39(3,37)38)26(20)28(36)35(25)21-9-5-4-6-10-21;1-13(27-20-17(25-2)12-26-22(24)28-20)18-11-14-7-6-10-16(23)19(14)21(30)29(18)15-8-4-3-5-9-15;1-13(11,12)7-4-2-6(3-5-7)8(9)10/h4-18H,1,3H3,(H3,30,32,33,34);3-13H,1H3,(H3,24,26,27,28);2-5,9-10H,1H3/t18-;13-;/m00./s1. The molecule has 0 saturated heterocycles. The summed E-state index contributed by atoms with van der Waals surface area (Å²) in [6.07, 6.45) is 4.98. The van der Waals surface area contributed by atoms with E-state index < -0.39 is 32.8 Å². The molecule has 10 rings (SSSR count). The number of anilines is 4. The van der Waals surface area contributed by atoms with E-state index in [0.29, 0.717) is 55.3 Å². The van der Waals surface area contributed by atoms with Crippen molar-refractivity contribution in [2.45, 2.75) is 35.7 Å². The second-order valence-corrected chi connectivity index (χ2v) is 22.9. The third-order valence-electron chi connectivity index (χ3n) is 12.7. The van der Waals surface area contributed by atoms with Crippen LogP contribution in [0.25, 0.3) is 53.7 Å². The van der Waals surface area contributed by atoms with Crippen LogP contribution in [0.4, 0.5) is 34.9 Å². The van der Waals surface area contributed by atoms with Gasteiger partial charge in [0.25, 0.3) is 11.1 Å². The Bertz CT molecular complexity index is 4470. The summed E-state index contributed by atoms with van der Waals surface area (Å²) in [4.78, 5) is 51.1. The van der Waals surface area contributed by atoms with Crippen molar-refractivity contribution in [1.82, 2.24) is 29.1 Å². The van der Waals surface area contributed by atoms with E-state index >= 15 is 0 Å². The molecular weight excluding hydrogens is 1100 g/mol. The summed E-state index contributed by atoms with van der Waals surface area (Å²) in [5.41, 5.74) is 15.9. The lowest BCUT2D eigenvalue weighted by molar-refractivity contribution is 0.425. The molecule has 6 aromatic carbocycles. The summed E-state index contributed by atoms with van der Waals surface area (Å²) in [5.74, 6) is 0.672. The van der Waals surface area contributed by atoms with Gasteiger partial charge >= 0.3 is 7.12 Å². The van der Waals surface area contributed by atoms with E-state index in [2.05, 4.69) is 40.3 Å². The summed E-state index contributed by atoms with van der Waals surface area (Å²) in [5, 5.41) is 26.7. The maximum Gasteiger partial charge on any atom is 0.488 e. The van der Waals surface area contributed by atoms with Crippen LogP contribution in [0, 0.1) is 13.1 Å². The molecule has 0 aliphatic carbocycles. The first-order valence-electron chi connectivity index (χ1n) is 24.7. The van der Waals surface area contributed by atoms with Crippen LogP contribution in [-0.2, 0) is 19.7 Å². The number of hydrogen-bond donors (Lipinski definition) is 6. The molecule has 10 aromatic rings. The van der Waals surface area contributed by atoms with Crippen molar-refractivity contribution in [2.24, 2.45) is 0 Å². The van der Waals surface area contributed by atoms with E-state index in [-0.39, 0.29) is 61.5 Å². The zero-order valence-electron chi connectivity index (χ0n) is 44.2. The fourth-order valence-electron chi connectivity index (χ4n) is 8.77. The van der Waals surface area contributed by atoms with Gasteiger partial charge in [0.1, 0.15) is 11.6 Å². The van der Waals surface area contributed by atoms with E-state index in [9.17, 15) is 26.4 Å². The lowest BCUT2D eigenvalue weighted by Gasteiger charge is -2.22. The van der Waals surface area contributed by atoms with Crippen molar-refractivity contribution in [3.05, 3.63) is 230 Å². The Morgan fingerprint density at radius 1 is 0.585 bits per heavy atom. The zero-order chi connectivity index (χ0) is 59.0. The number of nitrogens with zero attached hydrogens (tertiary/aromatic N) is 8. The molecule has 4 aromatic heterocycles. The highest BCUT2D eigenvalue weighted by Crippen LogP contribution is 2.34. The van der Waals surface area contributed by atoms with Gasteiger partial charge in [0, 0.05) is 47.7 Å². The van der Waals surface area contributed by atoms with Crippen LogP contribution in [0.3, 0.4) is 0 Å². The predicted octanol–water partition coefficient (Wildman–Crippen LogP) is 8.67. The Hall–Kier alpha value is -9.75. The molecule has 0 fully saturated rings. The van der Waals surface area contributed by atoms with Crippen LogP contribution < -0.4 is 38.7 Å². The van der Waals surface area contributed by atoms with Crippen LogP contribution in [0.1, 0.15) is 37.3 Å². The Morgan fingerprint density at radius 3 is 1.43 bits per heavy atom. The number of nitrogens with two attached hydrogens (primary N) is 2. The smallest absolute Gasteiger partial charge is 0.423 e. The van der Waals surface area contributed by atoms with Gasteiger partial charge in [-0.25, -0.2) is 46.5 Å². The summed E-state index contributed by atoms with van der Waals surface area (Å²) in [6, 6.07) is 44.4. The van der Waals surface area contributed by atoms with Crippen molar-refractivity contribution in [1.29, 1.82) is 0 Å². The van der Waals surface area contributed by atoms with Gasteiger partial charge in [-0.2, -0.15) is 0 Å². The quantitative estimate of drug-likeness (QED) is 0.0493. The van der Waals surface area contributed by atoms with Gasteiger partial charge in [-0.3, -0.25) is 18.7 Å². The number of nitrogen functional groups attached to an aromatic ring is 2. The first kappa shape index (κ1) is 58.4. The molecule has 4 heterocycles. The average Bonchev–Trinajstić information content (AvgIpc) is 3.52. The normalized spacial score (nSPS) is 11.9. The van der Waals surface area contributed by atoms with Crippen molar-refractivity contribution >= 4 is 100 Å². The number of nitrogens with one attached hydrogen (secondary N) is 2. The van der Waals surface area contributed by atoms with Crippen LogP contribution in [0.15, 0.2) is 189 Å². The molecule has 20 nitrogen and oxygen atoms in total. The monoisotopic (exact) mass is 1150 g/mol. The first-order chi connectivity index (χ1) is 39.1. The summed E-state index contributed by atoms with van der Waals surface area (Å²) in [7, 11) is -8.12. The average molecular weight is 1150 g/mol. The third kappa shape index (κ3) is 13.1. The van der Waals surface area contributed by atoms with Crippen LogP contribution in [-0.4, -0.2) is 75.6 Å². The van der Waals surface area contributed by atoms with E-state index in [4.69, 9.17) is 46.3 Å². The second-order valence-electron chi connectivity index (χ2n) is 18.5. The Kier molecular flexibility index (Phi) is 17.6. The van der Waals surface area contributed by atoms with Gasteiger partial charge in [0.2, 0.25) is 23.3 Å². The molecule has 24 heteroatoms. The molecule has 8 N–H and O–H groups in total. The predicted molar refractivity (Wildman–Crippen MR) is 322 cm³/mol. The van der Waals surface area contributed by atoms with Crippen molar-refractivity contribution in [3.8, 4) is 22.5 Å². The zero-order valence-corrected chi connectivity index (χ0v) is 46.6. The van der Waals surface area contributed by atoms with Crippen LogP contribution >= 0.6 is 11.6 Å². The number of halogens is 1. The number of rotatable bonds is 12. The summed E-state index contributed by atoms with van der Waals surface area (Å²) in [6.45, 7) is 18.6. The minimum absolute atomic E-state index is 0.0302. The van der Waals surface area contributed by atoms with E-state index in [0.717, 1.165) is 23.5 Å². The largest absolute Gasteiger partial charge is 0.488 e. The molecule has 0 radical (unpaired) electrons. The van der Waals surface area contributed by atoms with Crippen LogP contribution in [0.2, 0.25) is 5.02 Å². The van der Waals surface area contributed by atoms with Crippen molar-refractivity contribution < 1.29 is 26.9 Å².